The maximum absolute atomic E-state index is 12.1. The van der Waals surface area contributed by atoms with Crippen LogP contribution in [-0.2, 0) is 4.79 Å². The predicted octanol–water partition coefficient (Wildman–Crippen LogP) is 2.94. The fraction of sp³-hybridized carbons (Fsp3) is 0.176. The van der Waals surface area contributed by atoms with Crippen molar-refractivity contribution in [3.05, 3.63) is 70.3 Å². The average Bonchev–Trinajstić information content (AvgIpc) is 2.61. The maximum atomic E-state index is 12.1. The third-order valence-corrected chi connectivity index (χ3v) is 3.33. The Balaban J connectivity index is 1.91. The molecule has 7 heteroatoms. The average molecular weight is 326 g/mol. The Hall–Kier alpha value is -3.22. The number of hydrogen-bond donors (Lipinski definition) is 2. The second kappa shape index (κ2) is 8.42. The molecule has 0 aromatic heterocycles. The molecule has 0 fully saturated rings. The van der Waals surface area contributed by atoms with E-state index >= 15 is 0 Å². The lowest BCUT2D eigenvalue weighted by atomic mass is 10.2. The standard InChI is InChI=1S/C17H18N4O3/c1-2-16(19-14-6-4-3-5-7-14)17(22)20-18-12-13-8-10-15(11-9-13)21(23)24/h3-12,16,19H,2H2,1H3,(H,20,22)/b18-12-/t16-/m1/s1. The van der Waals surface area contributed by atoms with Crippen LogP contribution < -0.4 is 10.7 Å². The molecule has 1 atom stereocenters. The van der Waals surface area contributed by atoms with Gasteiger partial charge in [-0.2, -0.15) is 5.10 Å². The van der Waals surface area contributed by atoms with Gasteiger partial charge in [-0.15, -0.1) is 0 Å². The van der Waals surface area contributed by atoms with Crippen LogP contribution in [0.5, 0.6) is 0 Å². The molecular weight excluding hydrogens is 308 g/mol. The summed E-state index contributed by atoms with van der Waals surface area (Å²) in [5.41, 5.74) is 4.00. The molecule has 0 saturated carbocycles. The van der Waals surface area contributed by atoms with E-state index in [1.165, 1.54) is 18.3 Å². The van der Waals surface area contributed by atoms with Crippen LogP contribution in [0.4, 0.5) is 11.4 Å². The Morgan fingerprint density at radius 1 is 1.21 bits per heavy atom. The lowest BCUT2D eigenvalue weighted by molar-refractivity contribution is -0.384. The molecule has 0 heterocycles. The number of benzene rings is 2. The highest BCUT2D eigenvalue weighted by Gasteiger charge is 2.15. The van der Waals surface area contributed by atoms with Crippen molar-refractivity contribution in [1.82, 2.24) is 5.43 Å². The Bertz CT molecular complexity index is 714. The van der Waals surface area contributed by atoms with E-state index in [0.717, 1.165) is 5.69 Å². The van der Waals surface area contributed by atoms with Gasteiger partial charge in [-0.05, 0) is 36.2 Å². The Morgan fingerprint density at radius 3 is 2.46 bits per heavy atom. The summed E-state index contributed by atoms with van der Waals surface area (Å²) in [5, 5.41) is 17.6. The minimum Gasteiger partial charge on any atom is -0.374 e. The first kappa shape index (κ1) is 17.1. The van der Waals surface area contributed by atoms with Crippen molar-refractivity contribution in [1.29, 1.82) is 0 Å². The van der Waals surface area contributed by atoms with E-state index in [1.807, 2.05) is 37.3 Å². The zero-order valence-electron chi connectivity index (χ0n) is 13.2. The summed E-state index contributed by atoms with van der Waals surface area (Å²) >= 11 is 0. The minimum absolute atomic E-state index is 0.00861. The number of nitrogens with one attached hydrogen (secondary N) is 2. The van der Waals surface area contributed by atoms with Gasteiger partial charge < -0.3 is 5.32 Å². The van der Waals surface area contributed by atoms with Gasteiger partial charge in [-0.25, -0.2) is 5.43 Å². The van der Waals surface area contributed by atoms with Gasteiger partial charge in [-0.3, -0.25) is 14.9 Å². The minimum atomic E-state index is -0.468. The zero-order chi connectivity index (χ0) is 17.4. The summed E-state index contributed by atoms with van der Waals surface area (Å²) in [6.45, 7) is 1.90. The largest absolute Gasteiger partial charge is 0.374 e. The van der Waals surface area contributed by atoms with Crippen LogP contribution in [0.2, 0.25) is 0 Å². The maximum Gasteiger partial charge on any atom is 0.269 e. The summed E-state index contributed by atoms with van der Waals surface area (Å²) in [5.74, 6) is -0.250. The van der Waals surface area contributed by atoms with Gasteiger partial charge in [-0.1, -0.05) is 25.1 Å². The molecule has 2 aromatic rings. The van der Waals surface area contributed by atoms with Gasteiger partial charge in [0, 0.05) is 17.8 Å². The predicted molar refractivity (Wildman–Crippen MR) is 93.0 cm³/mol. The molecule has 2 rings (SSSR count). The molecule has 0 aliphatic rings. The van der Waals surface area contributed by atoms with Crippen LogP contribution in [0.25, 0.3) is 0 Å². The van der Waals surface area contributed by atoms with Crippen molar-refractivity contribution < 1.29 is 9.72 Å². The van der Waals surface area contributed by atoms with E-state index in [0.29, 0.717) is 12.0 Å². The molecule has 124 valence electrons. The van der Waals surface area contributed by atoms with Crippen LogP contribution >= 0.6 is 0 Å². The van der Waals surface area contributed by atoms with E-state index in [2.05, 4.69) is 15.8 Å². The number of non-ortho nitro benzene ring substituents is 1. The van der Waals surface area contributed by atoms with Crippen LogP contribution in [-0.4, -0.2) is 23.1 Å². The van der Waals surface area contributed by atoms with Crippen molar-refractivity contribution in [2.45, 2.75) is 19.4 Å². The molecule has 24 heavy (non-hydrogen) atoms. The molecular formula is C17H18N4O3. The van der Waals surface area contributed by atoms with Gasteiger partial charge in [0.15, 0.2) is 0 Å². The quantitative estimate of drug-likeness (QED) is 0.464. The van der Waals surface area contributed by atoms with Crippen LogP contribution in [0, 0.1) is 10.1 Å². The first-order valence-electron chi connectivity index (χ1n) is 7.49. The number of carbonyl (C=O) groups excluding carboxylic acids is 1. The van der Waals surface area contributed by atoms with Crippen molar-refractivity contribution in [2.24, 2.45) is 5.10 Å². The topological polar surface area (TPSA) is 96.6 Å². The van der Waals surface area contributed by atoms with Gasteiger partial charge >= 0.3 is 0 Å². The fourth-order valence-corrected chi connectivity index (χ4v) is 2.02. The molecule has 2 N–H and O–H groups in total. The number of para-hydroxylation sites is 1. The lowest BCUT2D eigenvalue weighted by Crippen LogP contribution is -2.36. The summed E-state index contributed by atoms with van der Waals surface area (Å²) in [4.78, 5) is 22.2. The second-order valence-electron chi connectivity index (χ2n) is 5.05. The Morgan fingerprint density at radius 2 is 1.88 bits per heavy atom. The van der Waals surface area contributed by atoms with E-state index in [-0.39, 0.29) is 11.6 Å². The van der Waals surface area contributed by atoms with Crippen molar-refractivity contribution in [2.75, 3.05) is 5.32 Å². The summed E-state index contributed by atoms with van der Waals surface area (Å²) < 4.78 is 0. The van der Waals surface area contributed by atoms with Crippen LogP contribution in [0.15, 0.2) is 59.7 Å². The van der Waals surface area contributed by atoms with Crippen molar-refractivity contribution in [3.63, 3.8) is 0 Å². The van der Waals surface area contributed by atoms with Crippen LogP contribution in [0.3, 0.4) is 0 Å². The molecule has 0 spiro atoms. The van der Waals surface area contributed by atoms with Crippen LogP contribution in [0.1, 0.15) is 18.9 Å². The first-order valence-corrected chi connectivity index (χ1v) is 7.49. The molecule has 0 radical (unpaired) electrons. The van der Waals surface area contributed by atoms with Crippen molar-refractivity contribution in [3.8, 4) is 0 Å². The SMILES string of the molecule is CC[C@@H](Nc1ccccc1)C(=O)N/N=C\c1ccc([N+](=O)[O-])cc1. The smallest absolute Gasteiger partial charge is 0.269 e. The number of hydrogen-bond acceptors (Lipinski definition) is 5. The monoisotopic (exact) mass is 326 g/mol. The number of carbonyl (C=O) groups is 1. The molecule has 2 aromatic carbocycles. The molecule has 7 nitrogen and oxygen atoms in total. The molecule has 1 amide bonds. The third kappa shape index (κ3) is 4.91. The second-order valence-corrected chi connectivity index (χ2v) is 5.05. The number of hydrazone groups is 1. The van der Waals surface area contributed by atoms with Gasteiger partial charge in [0.05, 0.1) is 11.1 Å². The zero-order valence-corrected chi connectivity index (χ0v) is 13.2. The highest BCUT2D eigenvalue weighted by molar-refractivity contribution is 5.86. The summed E-state index contributed by atoms with van der Waals surface area (Å²) in [7, 11) is 0. The molecule has 0 saturated heterocycles. The van der Waals surface area contributed by atoms with E-state index in [4.69, 9.17) is 0 Å². The molecule has 0 unspecified atom stereocenters. The molecule has 0 bridgehead atoms. The highest BCUT2D eigenvalue weighted by Crippen LogP contribution is 2.11. The van der Waals surface area contributed by atoms with E-state index in [1.54, 1.807) is 12.1 Å². The number of rotatable bonds is 7. The number of nitrogens with zero attached hydrogens (tertiary/aromatic N) is 2. The number of anilines is 1. The van der Waals surface area contributed by atoms with Gasteiger partial charge in [0.2, 0.25) is 0 Å². The van der Waals surface area contributed by atoms with E-state index in [9.17, 15) is 14.9 Å². The Kier molecular flexibility index (Phi) is 6.01. The third-order valence-electron chi connectivity index (χ3n) is 3.33. The van der Waals surface area contributed by atoms with Gasteiger partial charge in [0.1, 0.15) is 6.04 Å². The number of nitro benzene ring substituents is 1. The summed E-state index contributed by atoms with van der Waals surface area (Å²) in [6.07, 6.45) is 2.05. The number of nitro groups is 1. The number of amides is 1. The molecule has 0 aliphatic heterocycles. The highest BCUT2D eigenvalue weighted by atomic mass is 16.6. The molecule has 0 aliphatic carbocycles. The lowest BCUT2D eigenvalue weighted by Gasteiger charge is -2.16. The van der Waals surface area contributed by atoms with Crippen molar-refractivity contribution >= 4 is 23.5 Å². The van der Waals surface area contributed by atoms with E-state index < -0.39 is 11.0 Å². The first-order chi connectivity index (χ1) is 11.6. The fourth-order valence-electron chi connectivity index (χ4n) is 2.02. The summed E-state index contributed by atoms with van der Waals surface area (Å²) in [6, 6.07) is 14.9. The Labute approximate surface area is 139 Å². The normalized spacial score (nSPS) is 11.9. The van der Waals surface area contributed by atoms with Gasteiger partial charge in [0.25, 0.3) is 11.6 Å².